The highest BCUT2D eigenvalue weighted by Gasteiger charge is 2.18. The van der Waals surface area contributed by atoms with Crippen LogP contribution in [0.5, 0.6) is 0 Å². The van der Waals surface area contributed by atoms with Crippen molar-refractivity contribution in [3.05, 3.63) is 148 Å². The van der Waals surface area contributed by atoms with Crippen LogP contribution < -0.4 is 16.0 Å². The minimum atomic E-state index is -0.574. The van der Waals surface area contributed by atoms with Crippen LogP contribution in [0.4, 0.5) is 11.4 Å². The van der Waals surface area contributed by atoms with Gasteiger partial charge in [0.25, 0.3) is 11.8 Å². The monoisotopic (exact) mass is 706 g/mol. The van der Waals surface area contributed by atoms with Gasteiger partial charge in [0.1, 0.15) is 11.2 Å². The Hall–Kier alpha value is -5.35. The lowest BCUT2D eigenvalue weighted by molar-refractivity contribution is -0.115. The minimum Gasteiger partial charge on any atom is -0.436 e. The first-order valence-corrected chi connectivity index (χ1v) is 16.7. The van der Waals surface area contributed by atoms with E-state index < -0.39 is 17.1 Å². The summed E-state index contributed by atoms with van der Waals surface area (Å²) < 4.78 is 5.83. The number of fused-ring (bicyclic) bond motifs is 1. The summed E-state index contributed by atoms with van der Waals surface area (Å²) in [5, 5.41) is 8.66. The molecule has 3 N–H and O–H groups in total. The van der Waals surface area contributed by atoms with Crippen LogP contribution in [-0.4, -0.2) is 28.0 Å². The van der Waals surface area contributed by atoms with Gasteiger partial charge in [-0.05, 0) is 97.9 Å². The molecule has 0 radical (unpaired) electrons. The number of nitrogens with one attached hydrogen (secondary N) is 3. The Morgan fingerprint density at radius 1 is 0.755 bits per heavy atom. The van der Waals surface area contributed by atoms with E-state index in [0.29, 0.717) is 44.0 Å². The molecule has 0 spiro atoms. The zero-order valence-electron chi connectivity index (χ0n) is 25.9. The summed E-state index contributed by atoms with van der Waals surface area (Å²) in [7, 11) is 0. The van der Waals surface area contributed by atoms with E-state index in [1.165, 1.54) is 17.8 Å². The number of aromatic nitrogens is 1. The van der Waals surface area contributed by atoms with Crippen molar-refractivity contribution in [2.75, 3.05) is 10.6 Å². The summed E-state index contributed by atoms with van der Waals surface area (Å²) in [4.78, 5) is 44.7. The van der Waals surface area contributed by atoms with Gasteiger partial charge < -0.3 is 20.4 Å². The first-order chi connectivity index (χ1) is 23.7. The van der Waals surface area contributed by atoms with Crippen LogP contribution in [0.1, 0.15) is 22.8 Å². The fourth-order valence-electron chi connectivity index (χ4n) is 4.74. The summed E-state index contributed by atoms with van der Waals surface area (Å²) in [6, 6.07) is 35.4. The number of halogens is 2. The average Bonchev–Trinajstić information content (AvgIpc) is 3.55. The van der Waals surface area contributed by atoms with Crippen molar-refractivity contribution in [3.63, 3.8) is 0 Å². The molecule has 1 unspecified atom stereocenters. The van der Waals surface area contributed by atoms with Crippen molar-refractivity contribution in [2.45, 2.75) is 17.1 Å². The highest BCUT2D eigenvalue weighted by atomic mass is 35.5. The van der Waals surface area contributed by atoms with Gasteiger partial charge in [0.2, 0.25) is 11.8 Å². The van der Waals surface area contributed by atoms with E-state index in [2.05, 4.69) is 20.9 Å². The molecule has 8 nitrogen and oxygen atoms in total. The molecule has 0 fully saturated rings. The Labute approximate surface area is 296 Å². The summed E-state index contributed by atoms with van der Waals surface area (Å²) in [6.07, 6.45) is 1.44. The van der Waals surface area contributed by atoms with Gasteiger partial charge in [0.15, 0.2) is 5.58 Å². The molecule has 1 heterocycles. The maximum Gasteiger partial charge on any atom is 0.272 e. The van der Waals surface area contributed by atoms with Gasteiger partial charge >= 0.3 is 0 Å². The van der Waals surface area contributed by atoms with Crippen molar-refractivity contribution in [1.82, 2.24) is 10.3 Å². The quantitative estimate of drug-likeness (QED) is 0.0967. The van der Waals surface area contributed by atoms with Crippen molar-refractivity contribution in [2.24, 2.45) is 0 Å². The van der Waals surface area contributed by atoms with Crippen LogP contribution in [0.2, 0.25) is 10.0 Å². The molecule has 0 aliphatic rings. The summed E-state index contributed by atoms with van der Waals surface area (Å²) in [5.41, 5.74) is 4.15. The summed E-state index contributed by atoms with van der Waals surface area (Å²) in [5.74, 6) is -0.699. The second-order valence-electron chi connectivity index (χ2n) is 10.8. The number of hydrogen-bond acceptors (Lipinski definition) is 6. The molecule has 11 heteroatoms. The van der Waals surface area contributed by atoms with Gasteiger partial charge in [-0.1, -0.05) is 59.6 Å². The first kappa shape index (κ1) is 33.5. The van der Waals surface area contributed by atoms with Crippen LogP contribution in [0.3, 0.4) is 0 Å². The first-order valence-electron chi connectivity index (χ1n) is 15.1. The van der Waals surface area contributed by atoms with Gasteiger partial charge in [-0.25, -0.2) is 4.98 Å². The van der Waals surface area contributed by atoms with Crippen LogP contribution >= 0.6 is 35.0 Å². The maximum absolute atomic E-state index is 13.4. The molecule has 3 amide bonds. The smallest absolute Gasteiger partial charge is 0.272 e. The number of para-hydroxylation sites is 2. The lowest BCUT2D eigenvalue weighted by atomic mass is 10.1. The number of thioether (sulfide) groups is 1. The number of rotatable bonds is 10. The van der Waals surface area contributed by atoms with E-state index in [1.807, 2.05) is 55.5 Å². The van der Waals surface area contributed by atoms with E-state index in [9.17, 15) is 14.4 Å². The van der Waals surface area contributed by atoms with Crippen LogP contribution in [0, 0.1) is 0 Å². The molecule has 0 saturated heterocycles. The van der Waals surface area contributed by atoms with Crippen molar-refractivity contribution in [1.29, 1.82) is 0 Å². The number of amides is 3. The van der Waals surface area contributed by atoms with E-state index in [-0.39, 0.29) is 11.6 Å². The average molecular weight is 708 g/mol. The third-order valence-electron chi connectivity index (χ3n) is 7.30. The zero-order chi connectivity index (χ0) is 34.3. The summed E-state index contributed by atoms with van der Waals surface area (Å²) in [6.45, 7) is 1.81. The van der Waals surface area contributed by atoms with Gasteiger partial charge in [-0.15, -0.1) is 11.8 Å². The van der Waals surface area contributed by atoms with Crippen LogP contribution in [-0.2, 0) is 9.59 Å². The van der Waals surface area contributed by atoms with Crippen LogP contribution in [0.25, 0.3) is 28.6 Å². The number of nitrogens with zero attached hydrogens (tertiary/aromatic N) is 1. The second kappa shape index (κ2) is 15.3. The number of carbonyl (C=O) groups is 3. The molecular formula is C38H28Cl2N4O4S. The normalized spacial score (nSPS) is 11.9. The van der Waals surface area contributed by atoms with E-state index in [4.69, 9.17) is 27.6 Å². The van der Waals surface area contributed by atoms with Crippen molar-refractivity contribution < 1.29 is 18.8 Å². The van der Waals surface area contributed by atoms with Gasteiger partial charge in [-0.3, -0.25) is 14.4 Å². The second-order valence-corrected chi connectivity index (χ2v) is 13.0. The molecule has 1 atom stereocenters. The lowest BCUT2D eigenvalue weighted by Gasteiger charge is -2.14. The van der Waals surface area contributed by atoms with E-state index in [0.717, 1.165) is 16.0 Å². The molecule has 0 bridgehead atoms. The molecule has 5 aromatic carbocycles. The summed E-state index contributed by atoms with van der Waals surface area (Å²) >= 11 is 14.1. The predicted octanol–water partition coefficient (Wildman–Crippen LogP) is 9.33. The Bertz CT molecular complexity index is 2120. The highest BCUT2D eigenvalue weighted by Crippen LogP contribution is 2.29. The fraction of sp³-hybridized carbons (Fsp3) is 0.0526. The van der Waals surface area contributed by atoms with E-state index in [1.54, 1.807) is 72.8 Å². The number of hydrogen-bond donors (Lipinski definition) is 3. The number of carbonyl (C=O) groups excluding carboxylic acids is 3. The van der Waals surface area contributed by atoms with Crippen molar-refractivity contribution >= 4 is 81.2 Å². The molecular weight excluding hydrogens is 679 g/mol. The lowest BCUT2D eigenvalue weighted by Crippen LogP contribution is -2.30. The zero-order valence-corrected chi connectivity index (χ0v) is 28.3. The Morgan fingerprint density at radius 3 is 2.08 bits per heavy atom. The third kappa shape index (κ3) is 8.39. The van der Waals surface area contributed by atoms with Gasteiger partial charge in [0, 0.05) is 43.0 Å². The number of benzene rings is 5. The molecule has 0 saturated carbocycles. The van der Waals surface area contributed by atoms with Gasteiger partial charge in [0.05, 0.1) is 5.25 Å². The molecule has 49 heavy (non-hydrogen) atoms. The Kier molecular flexibility index (Phi) is 10.4. The number of anilines is 2. The standard InChI is InChI=1S/C38H28Cl2N4O4S/c1-23(35(45)41-26-16-14-25(15-17-26)38-44-32-12-5-6-13-34(32)48-38)49-28-20-18-27(19-21-28)42-37(47)33(22-29-30(39)10-7-11-31(29)40)43-36(46)24-8-3-2-4-9-24/h2-23H,1H3,(H,41,45)(H,42,47)(H,43,46)/b33-22-. The Morgan fingerprint density at radius 2 is 1.39 bits per heavy atom. The van der Waals surface area contributed by atoms with E-state index >= 15 is 0 Å². The Balaban J connectivity index is 1.08. The largest absolute Gasteiger partial charge is 0.436 e. The van der Waals surface area contributed by atoms with Crippen molar-refractivity contribution in [3.8, 4) is 11.5 Å². The number of oxazole rings is 1. The molecule has 0 aliphatic heterocycles. The molecule has 244 valence electrons. The molecule has 0 aliphatic carbocycles. The molecule has 6 rings (SSSR count). The SMILES string of the molecule is CC(Sc1ccc(NC(=O)/C(=C/c2c(Cl)cccc2Cl)NC(=O)c2ccccc2)cc1)C(=O)Nc1ccc(-c2nc3ccccc3o2)cc1. The highest BCUT2D eigenvalue weighted by molar-refractivity contribution is 8.00. The topological polar surface area (TPSA) is 113 Å². The maximum atomic E-state index is 13.4. The van der Waals surface area contributed by atoms with Gasteiger partial charge in [-0.2, -0.15) is 0 Å². The predicted molar refractivity (Wildman–Crippen MR) is 197 cm³/mol. The molecule has 6 aromatic rings. The molecule has 1 aromatic heterocycles. The fourth-order valence-corrected chi connectivity index (χ4v) is 6.12. The third-order valence-corrected chi connectivity index (χ3v) is 9.08. The van der Waals surface area contributed by atoms with Crippen LogP contribution in [0.15, 0.2) is 136 Å². The minimum absolute atomic E-state index is 0.0468.